The van der Waals surface area contributed by atoms with Gasteiger partial charge < -0.3 is 14.6 Å². The van der Waals surface area contributed by atoms with Gasteiger partial charge in [-0.15, -0.1) is 10.2 Å². The molecule has 6 heteroatoms. The summed E-state index contributed by atoms with van der Waals surface area (Å²) in [4.78, 5) is 12.1. The minimum atomic E-state index is -0.478. The first-order valence-electron chi connectivity index (χ1n) is 9.32. The van der Waals surface area contributed by atoms with Gasteiger partial charge in [0.1, 0.15) is 17.8 Å². The van der Waals surface area contributed by atoms with Gasteiger partial charge in [-0.3, -0.25) is 0 Å². The highest BCUT2D eigenvalue weighted by atomic mass is 16.6. The van der Waals surface area contributed by atoms with Crippen LogP contribution in [0.2, 0.25) is 0 Å². The van der Waals surface area contributed by atoms with Crippen molar-refractivity contribution in [3.05, 3.63) is 48.0 Å². The van der Waals surface area contributed by atoms with Crippen molar-refractivity contribution in [2.24, 2.45) is 0 Å². The largest absolute Gasteiger partial charge is 0.444 e. The van der Waals surface area contributed by atoms with E-state index in [2.05, 4.69) is 32.2 Å². The van der Waals surface area contributed by atoms with E-state index in [1.165, 1.54) is 5.56 Å². The molecule has 1 aromatic heterocycles. The van der Waals surface area contributed by atoms with Crippen LogP contribution in [-0.4, -0.2) is 32.5 Å². The van der Waals surface area contributed by atoms with Gasteiger partial charge in [0.15, 0.2) is 0 Å². The third-order valence-corrected chi connectivity index (χ3v) is 4.60. The number of benzene rings is 1. The van der Waals surface area contributed by atoms with E-state index in [9.17, 15) is 4.79 Å². The fraction of sp³-hybridized carbons (Fsp3) is 0.550. The Balaban J connectivity index is 1.63. The molecule has 26 heavy (non-hydrogen) atoms. The third kappa shape index (κ3) is 5.07. The van der Waals surface area contributed by atoms with Crippen molar-refractivity contribution >= 4 is 6.09 Å². The lowest BCUT2D eigenvalue weighted by Gasteiger charge is -2.30. The molecule has 2 aromatic rings. The monoisotopic (exact) mass is 356 g/mol. The molecule has 1 fully saturated rings. The number of hydrogen-bond acceptors (Lipinski definition) is 4. The molecule has 1 N–H and O–H groups in total. The normalized spacial score (nSPS) is 20.6. The average Bonchev–Trinajstić information content (AvgIpc) is 3.02. The summed E-state index contributed by atoms with van der Waals surface area (Å²) in [5.74, 6) is 1.31. The second-order valence-corrected chi connectivity index (χ2v) is 8.01. The lowest BCUT2D eigenvalue weighted by atomic mass is 9.85. The van der Waals surface area contributed by atoms with Crippen LogP contribution in [0.1, 0.15) is 63.8 Å². The Morgan fingerprint density at radius 1 is 1.27 bits per heavy atom. The van der Waals surface area contributed by atoms with Crippen LogP contribution < -0.4 is 5.32 Å². The van der Waals surface area contributed by atoms with E-state index in [0.717, 1.165) is 38.1 Å². The number of amides is 1. The number of ether oxygens (including phenoxy) is 1. The van der Waals surface area contributed by atoms with Gasteiger partial charge in [-0.1, -0.05) is 36.8 Å². The van der Waals surface area contributed by atoms with Crippen LogP contribution in [0.4, 0.5) is 4.79 Å². The van der Waals surface area contributed by atoms with Crippen LogP contribution in [-0.2, 0) is 11.3 Å². The van der Waals surface area contributed by atoms with Gasteiger partial charge in [-0.05, 0) is 45.6 Å². The molecule has 0 spiro atoms. The third-order valence-electron chi connectivity index (χ3n) is 4.60. The van der Waals surface area contributed by atoms with Crippen LogP contribution in [0.25, 0.3) is 0 Å². The molecule has 140 valence electrons. The van der Waals surface area contributed by atoms with Gasteiger partial charge in [0.05, 0.1) is 6.54 Å². The molecule has 1 aromatic carbocycles. The van der Waals surface area contributed by atoms with Crippen LogP contribution in [0.5, 0.6) is 0 Å². The molecule has 1 heterocycles. The fourth-order valence-electron chi connectivity index (χ4n) is 3.51. The van der Waals surface area contributed by atoms with Crippen LogP contribution in [0.15, 0.2) is 36.7 Å². The summed E-state index contributed by atoms with van der Waals surface area (Å²) in [6, 6.07) is 10.4. The lowest BCUT2D eigenvalue weighted by Crippen LogP contribution is -2.41. The van der Waals surface area contributed by atoms with Gasteiger partial charge >= 0.3 is 6.09 Å². The number of hydrogen-bond donors (Lipinski definition) is 1. The maximum atomic E-state index is 12.1. The van der Waals surface area contributed by atoms with E-state index in [4.69, 9.17) is 4.74 Å². The Kier molecular flexibility index (Phi) is 5.59. The van der Waals surface area contributed by atoms with Crippen molar-refractivity contribution in [2.75, 3.05) is 0 Å². The van der Waals surface area contributed by atoms with Crippen molar-refractivity contribution in [1.82, 2.24) is 20.1 Å². The van der Waals surface area contributed by atoms with Crippen molar-refractivity contribution in [3.8, 4) is 0 Å². The van der Waals surface area contributed by atoms with Gasteiger partial charge in [-0.2, -0.15) is 0 Å². The molecular weight excluding hydrogens is 328 g/mol. The van der Waals surface area contributed by atoms with Crippen molar-refractivity contribution in [3.63, 3.8) is 0 Å². The molecule has 0 unspecified atom stereocenters. The molecule has 2 atom stereocenters. The molecule has 1 aliphatic rings. The summed E-state index contributed by atoms with van der Waals surface area (Å²) in [5.41, 5.74) is 0.751. The van der Waals surface area contributed by atoms with Gasteiger partial charge in [0, 0.05) is 12.0 Å². The molecular formula is C20H28N4O2. The summed E-state index contributed by atoms with van der Waals surface area (Å²) in [6.45, 7) is 6.40. The van der Waals surface area contributed by atoms with Gasteiger partial charge in [-0.25, -0.2) is 4.79 Å². The van der Waals surface area contributed by atoms with Crippen LogP contribution >= 0.6 is 0 Å². The maximum Gasteiger partial charge on any atom is 0.407 e. The number of carbonyl (C=O) groups excluding carboxylic acids is 1. The minimum absolute atomic E-state index is 0.116. The van der Waals surface area contributed by atoms with E-state index in [1.54, 1.807) is 6.33 Å². The quantitative estimate of drug-likeness (QED) is 0.903. The molecule has 0 aliphatic heterocycles. The number of aromatic nitrogens is 3. The molecule has 6 nitrogen and oxygen atoms in total. The zero-order chi connectivity index (χ0) is 18.6. The first kappa shape index (κ1) is 18.4. The number of nitrogens with one attached hydrogen (secondary N) is 1. The first-order valence-corrected chi connectivity index (χ1v) is 9.32. The van der Waals surface area contributed by atoms with E-state index in [1.807, 2.05) is 39.0 Å². The standard InChI is InChI=1S/C20H28N4O2/c1-20(2,3)26-19(25)22-17-11-7-10-16(12-17)18-23-21-14-24(18)13-15-8-5-4-6-9-15/h4-6,8-9,14,16-17H,7,10-13H2,1-3H3,(H,22,25)/t16-,17+/m0/s1. The predicted molar refractivity (Wildman–Crippen MR) is 99.9 cm³/mol. The molecule has 0 saturated heterocycles. The summed E-state index contributed by atoms with van der Waals surface area (Å²) >= 11 is 0. The Bertz CT molecular complexity index is 721. The van der Waals surface area contributed by atoms with Gasteiger partial charge in [0.25, 0.3) is 0 Å². The SMILES string of the molecule is CC(C)(C)OC(=O)N[C@@H]1CCC[C@H](c2nncn2Cc2ccccc2)C1. The number of nitrogens with zero attached hydrogens (tertiary/aromatic N) is 3. The van der Waals surface area contributed by atoms with Crippen LogP contribution in [0.3, 0.4) is 0 Å². The van der Waals surface area contributed by atoms with Crippen molar-refractivity contribution < 1.29 is 9.53 Å². The predicted octanol–water partition coefficient (Wildman–Crippen LogP) is 3.88. The first-order chi connectivity index (χ1) is 12.4. The molecule has 3 rings (SSSR count). The summed E-state index contributed by atoms with van der Waals surface area (Å²) in [6.07, 6.45) is 5.43. The fourth-order valence-corrected chi connectivity index (χ4v) is 3.51. The van der Waals surface area contributed by atoms with E-state index in [-0.39, 0.29) is 12.1 Å². The Hall–Kier alpha value is -2.37. The highest BCUT2D eigenvalue weighted by molar-refractivity contribution is 5.68. The molecule has 1 aliphatic carbocycles. The molecule has 0 bridgehead atoms. The zero-order valence-corrected chi connectivity index (χ0v) is 15.8. The Morgan fingerprint density at radius 2 is 2.04 bits per heavy atom. The number of rotatable bonds is 4. The molecule has 1 saturated carbocycles. The van der Waals surface area contributed by atoms with Crippen LogP contribution in [0, 0.1) is 0 Å². The highest BCUT2D eigenvalue weighted by Crippen LogP contribution is 2.32. The van der Waals surface area contributed by atoms with E-state index >= 15 is 0 Å². The lowest BCUT2D eigenvalue weighted by molar-refractivity contribution is 0.0490. The zero-order valence-electron chi connectivity index (χ0n) is 15.8. The maximum absolute atomic E-state index is 12.1. The Morgan fingerprint density at radius 3 is 2.77 bits per heavy atom. The smallest absolute Gasteiger partial charge is 0.407 e. The summed E-state index contributed by atoms with van der Waals surface area (Å²) in [5, 5.41) is 11.5. The van der Waals surface area contributed by atoms with Gasteiger partial charge in [0.2, 0.25) is 0 Å². The summed E-state index contributed by atoms with van der Waals surface area (Å²) < 4.78 is 7.51. The average molecular weight is 356 g/mol. The van der Waals surface area contributed by atoms with E-state index < -0.39 is 5.60 Å². The number of alkyl carbamates (subject to hydrolysis) is 1. The second kappa shape index (κ2) is 7.89. The summed E-state index contributed by atoms with van der Waals surface area (Å²) in [7, 11) is 0. The molecule has 0 radical (unpaired) electrons. The second-order valence-electron chi connectivity index (χ2n) is 8.01. The molecule has 1 amide bonds. The Labute approximate surface area is 155 Å². The number of carbonyl (C=O) groups is 1. The van der Waals surface area contributed by atoms with Crippen molar-refractivity contribution in [2.45, 2.75) is 70.6 Å². The van der Waals surface area contributed by atoms with Crippen molar-refractivity contribution in [1.29, 1.82) is 0 Å². The highest BCUT2D eigenvalue weighted by Gasteiger charge is 2.29. The van der Waals surface area contributed by atoms with E-state index in [0.29, 0.717) is 5.92 Å². The minimum Gasteiger partial charge on any atom is -0.444 e. The topological polar surface area (TPSA) is 69.0 Å².